The second-order valence-electron chi connectivity index (χ2n) is 6.00. The summed E-state index contributed by atoms with van der Waals surface area (Å²) in [6.45, 7) is 2.33. The van der Waals surface area contributed by atoms with Crippen LogP contribution in [0.4, 0.5) is 0 Å². The van der Waals surface area contributed by atoms with Crippen LogP contribution in [-0.4, -0.2) is 49.6 Å². The molecule has 134 valence electrons. The first kappa shape index (κ1) is 17.4. The second kappa shape index (κ2) is 6.16. The average Bonchev–Trinajstić information content (AvgIpc) is 2.82. The smallest absolute Gasteiger partial charge is 0.277 e. The van der Waals surface area contributed by atoms with Crippen molar-refractivity contribution in [3.63, 3.8) is 0 Å². The van der Waals surface area contributed by atoms with E-state index >= 15 is 0 Å². The standard InChI is InChI=1S/C16H18N2O6S/c1-9-11(14(19)12-6-17-18(2)16(12)20)4-5-13(25(3,21)22)15(9)24-10-7-23-8-10/h4-6,10,17H,7-8H2,1-3H3. The van der Waals surface area contributed by atoms with Crippen molar-refractivity contribution in [1.29, 1.82) is 0 Å². The summed E-state index contributed by atoms with van der Waals surface area (Å²) < 4.78 is 36.1. The van der Waals surface area contributed by atoms with Gasteiger partial charge in [-0.3, -0.25) is 14.3 Å². The number of nitrogens with zero attached hydrogens (tertiary/aromatic N) is 1. The van der Waals surface area contributed by atoms with Gasteiger partial charge in [0.1, 0.15) is 22.3 Å². The number of hydrogen-bond donors (Lipinski definition) is 1. The molecular formula is C16H18N2O6S. The molecule has 0 spiro atoms. The molecule has 2 heterocycles. The Morgan fingerprint density at radius 1 is 1.32 bits per heavy atom. The lowest BCUT2D eigenvalue weighted by Gasteiger charge is -2.28. The second-order valence-corrected chi connectivity index (χ2v) is 7.98. The van der Waals surface area contributed by atoms with Crippen molar-refractivity contribution >= 4 is 15.6 Å². The van der Waals surface area contributed by atoms with Crippen LogP contribution in [0.15, 0.2) is 28.0 Å². The molecule has 25 heavy (non-hydrogen) atoms. The lowest BCUT2D eigenvalue weighted by Crippen LogP contribution is -2.39. The van der Waals surface area contributed by atoms with Crippen molar-refractivity contribution in [2.45, 2.75) is 17.9 Å². The van der Waals surface area contributed by atoms with E-state index in [1.54, 1.807) is 6.92 Å². The minimum absolute atomic E-state index is 0.00965. The van der Waals surface area contributed by atoms with Crippen LogP contribution in [0, 0.1) is 6.92 Å². The maximum absolute atomic E-state index is 12.7. The molecule has 1 fully saturated rings. The van der Waals surface area contributed by atoms with E-state index < -0.39 is 21.2 Å². The fourth-order valence-electron chi connectivity index (χ4n) is 2.57. The van der Waals surface area contributed by atoms with Crippen LogP contribution < -0.4 is 10.3 Å². The van der Waals surface area contributed by atoms with Gasteiger partial charge in [0.2, 0.25) is 5.78 Å². The lowest BCUT2D eigenvalue weighted by atomic mass is 10.00. The average molecular weight is 366 g/mol. The summed E-state index contributed by atoms with van der Waals surface area (Å²) in [6, 6.07) is 2.74. The van der Waals surface area contributed by atoms with Gasteiger partial charge in [0.25, 0.3) is 5.56 Å². The third-order valence-corrected chi connectivity index (χ3v) is 5.21. The largest absolute Gasteiger partial charge is 0.484 e. The monoisotopic (exact) mass is 366 g/mol. The van der Waals surface area contributed by atoms with Gasteiger partial charge in [-0.15, -0.1) is 0 Å². The lowest BCUT2D eigenvalue weighted by molar-refractivity contribution is -0.0809. The molecule has 0 amide bonds. The highest BCUT2D eigenvalue weighted by atomic mass is 32.2. The Balaban J connectivity index is 2.12. The summed E-state index contributed by atoms with van der Waals surface area (Å²) in [5.41, 5.74) is 0.129. The van der Waals surface area contributed by atoms with E-state index in [-0.39, 0.29) is 27.9 Å². The van der Waals surface area contributed by atoms with E-state index in [4.69, 9.17) is 9.47 Å². The number of hydrogen-bond acceptors (Lipinski definition) is 6. The quantitative estimate of drug-likeness (QED) is 0.769. The summed E-state index contributed by atoms with van der Waals surface area (Å²) in [5.74, 6) is -0.358. The molecule has 1 aliphatic heterocycles. The van der Waals surface area contributed by atoms with Crippen molar-refractivity contribution in [2.24, 2.45) is 7.05 Å². The zero-order valence-corrected chi connectivity index (χ0v) is 14.8. The molecular weight excluding hydrogens is 348 g/mol. The molecule has 8 nitrogen and oxygen atoms in total. The molecule has 0 aliphatic carbocycles. The number of ether oxygens (including phenoxy) is 2. The van der Waals surface area contributed by atoms with Gasteiger partial charge in [0.05, 0.1) is 13.2 Å². The number of H-pyrrole nitrogens is 1. The molecule has 1 aromatic carbocycles. The van der Waals surface area contributed by atoms with E-state index in [0.29, 0.717) is 18.8 Å². The molecule has 3 rings (SSSR count). The maximum Gasteiger partial charge on any atom is 0.277 e. The molecule has 9 heteroatoms. The molecule has 1 aromatic heterocycles. The van der Waals surface area contributed by atoms with Gasteiger partial charge in [0, 0.05) is 30.6 Å². The van der Waals surface area contributed by atoms with Crippen LogP contribution in [0.1, 0.15) is 21.5 Å². The van der Waals surface area contributed by atoms with Crippen LogP contribution in [0.2, 0.25) is 0 Å². The Morgan fingerprint density at radius 3 is 2.48 bits per heavy atom. The van der Waals surface area contributed by atoms with Crippen molar-refractivity contribution < 1.29 is 22.7 Å². The Morgan fingerprint density at radius 2 is 2.00 bits per heavy atom. The molecule has 1 saturated heterocycles. The van der Waals surface area contributed by atoms with Crippen molar-refractivity contribution in [1.82, 2.24) is 9.78 Å². The molecule has 0 bridgehead atoms. The number of sulfone groups is 1. The van der Waals surface area contributed by atoms with Crippen molar-refractivity contribution in [3.05, 3.63) is 45.4 Å². The van der Waals surface area contributed by atoms with Gasteiger partial charge >= 0.3 is 0 Å². The van der Waals surface area contributed by atoms with E-state index in [0.717, 1.165) is 6.26 Å². The predicted octanol–water partition coefficient (Wildman–Crippen LogP) is 0.434. The zero-order chi connectivity index (χ0) is 18.4. The van der Waals surface area contributed by atoms with Gasteiger partial charge < -0.3 is 14.6 Å². The van der Waals surface area contributed by atoms with Crippen LogP contribution in [0.25, 0.3) is 0 Å². The number of nitrogens with one attached hydrogen (secondary N) is 1. The predicted molar refractivity (Wildman–Crippen MR) is 89.0 cm³/mol. The first-order valence-corrected chi connectivity index (χ1v) is 9.46. The maximum atomic E-state index is 12.7. The summed E-state index contributed by atoms with van der Waals surface area (Å²) >= 11 is 0. The van der Waals surface area contributed by atoms with Gasteiger partial charge in [0.15, 0.2) is 9.84 Å². The number of benzene rings is 1. The van der Waals surface area contributed by atoms with Gasteiger partial charge in [-0.1, -0.05) is 0 Å². The Bertz CT molecular complexity index is 998. The fourth-order valence-corrected chi connectivity index (χ4v) is 3.42. The first-order valence-electron chi connectivity index (χ1n) is 7.57. The molecule has 0 unspecified atom stereocenters. The summed E-state index contributed by atoms with van der Waals surface area (Å²) in [4.78, 5) is 24.7. The van der Waals surface area contributed by atoms with Crippen LogP contribution in [0.5, 0.6) is 5.75 Å². The topological polar surface area (TPSA) is 107 Å². The number of aromatic amines is 1. The summed E-state index contributed by atoms with van der Waals surface area (Å²) in [6.07, 6.45) is 2.15. The fraction of sp³-hybridized carbons (Fsp3) is 0.375. The third-order valence-electron chi connectivity index (χ3n) is 4.09. The summed E-state index contributed by atoms with van der Waals surface area (Å²) in [7, 11) is -2.04. The van der Waals surface area contributed by atoms with Crippen molar-refractivity contribution in [3.8, 4) is 5.75 Å². The van der Waals surface area contributed by atoms with Crippen LogP contribution in [0.3, 0.4) is 0 Å². The van der Waals surface area contributed by atoms with E-state index in [1.807, 2.05) is 0 Å². The Kier molecular flexibility index (Phi) is 4.29. The zero-order valence-electron chi connectivity index (χ0n) is 14.0. The number of ketones is 1. The highest BCUT2D eigenvalue weighted by Gasteiger charge is 2.28. The Hall–Kier alpha value is -2.39. The highest BCUT2D eigenvalue weighted by molar-refractivity contribution is 7.90. The molecule has 1 aliphatic rings. The minimum Gasteiger partial charge on any atom is -0.484 e. The first-order chi connectivity index (χ1) is 11.7. The van der Waals surface area contributed by atoms with E-state index in [9.17, 15) is 18.0 Å². The summed E-state index contributed by atoms with van der Waals surface area (Å²) in [5, 5.41) is 2.65. The minimum atomic E-state index is -3.55. The van der Waals surface area contributed by atoms with Gasteiger partial charge in [-0.2, -0.15) is 0 Å². The molecule has 1 N–H and O–H groups in total. The molecule has 0 radical (unpaired) electrons. The number of aryl methyl sites for hydroxylation is 1. The Labute approximate surface area is 144 Å². The third kappa shape index (κ3) is 3.12. The molecule has 2 aromatic rings. The van der Waals surface area contributed by atoms with Gasteiger partial charge in [-0.25, -0.2) is 8.42 Å². The molecule has 0 atom stereocenters. The van der Waals surface area contributed by atoms with Crippen molar-refractivity contribution in [2.75, 3.05) is 19.5 Å². The number of carbonyl (C=O) groups is 1. The van der Waals surface area contributed by atoms with E-state index in [1.165, 1.54) is 30.1 Å². The molecule has 0 saturated carbocycles. The van der Waals surface area contributed by atoms with E-state index in [2.05, 4.69) is 5.10 Å². The van der Waals surface area contributed by atoms with Gasteiger partial charge in [-0.05, 0) is 19.1 Å². The highest BCUT2D eigenvalue weighted by Crippen LogP contribution is 2.33. The van der Waals surface area contributed by atoms with Crippen LogP contribution >= 0.6 is 0 Å². The number of rotatable bonds is 5. The number of carbonyl (C=O) groups excluding carboxylic acids is 1. The van der Waals surface area contributed by atoms with Crippen LogP contribution in [-0.2, 0) is 21.6 Å². The SMILES string of the molecule is Cc1c(C(=O)c2c[nH]n(C)c2=O)ccc(S(C)(=O)=O)c1OC1COC1. The normalized spacial score (nSPS) is 15.0. The number of aromatic nitrogens is 2.